The van der Waals surface area contributed by atoms with Crippen molar-refractivity contribution in [3.05, 3.63) is 83.9 Å². The molecule has 0 aromatic heterocycles. The van der Waals surface area contributed by atoms with Crippen LogP contribution in [-0.4, -0.2) is 28.6 Å². The molecule has 2 amide bonds. The summed E-state index contributed by atoms with van der Waals surface area (Å²) in [5.74, 6) is -1.46. The molecular weight excluding hydrogens is 484 g/mol. The Morgan fingerprint density at radius 1 is 0.618 bits per heavy atom. The Morgan fingerprint density at radius 3 is 1.29 bits per heavy atom. The summed E-state index contributed by atoms with van der Waals surface area (Å²) in [4.78, 5) is 21.6. The molecule has 0 bridgehead atoms. The largest absolute Gasteiger partial charge is 0.379 e. The van der Waals surface area contributed by atoms with Crippen LogP contribution in [0.1, 0.15) is 11.1 Å². The molecule has 3 aromatic rings. The summed E-state index contributed by atoms with van der Waals surface area (Å²) in [5, 5.41) is 0. The van der Waals surface area contributed by atoms with Crippen molar-refractivity contribution in [2.75, 3.05) is 0 Å². The van der Waals surface area contributed by atoms with Gasteiger partial charge in [0, 0.05) is 6.07 Å². The van der Waals surface area contributed by atoms with Crippen LogP contribution in [0, 0.1) is 0 Å². The molecule has 10 nitrogen and oxygen atoms in total. The average molecular weight is 505 g/mol. The predicted molar refractivity (Wildman–Crippen MR) is 121 cm³/mol. The van der Waals surface area contributed by atoms with Crippen LogP contribution in [-0.2, 0) is 42.7 Å². The maximum atomic E-state index is 12.6. The van der Waals surface area contributed by atoms with E-state index >= 15 is 0 Å². The van der Waals surface area contributed by atoms with Crippen LogP contribution in [0.4, 0.5) is 0 Å². The second-order valence-corrected chi connectivity index (χ2v) is 10.2. The SMILES string of the molecule is NC(=O)Cc1ccc(S(=O)(=O)Oc2cccc(OS(=O)(=O)c3ccc(CC(N)=O)cc3)c2)cc1. The summed E-state index contributed by atoms with van der Waals surface area (Å²) in [6.45, 7) is 0. The molecule has 0 aliphatic carbocycles. The number of hydrogen-bond acceptors (Lipinski definition) is 8. The molecule has 3 aromatic carbocycles. The van der Waals surface area contributed by atoms with Crippen molar-refractivity contribution in [3.8, 4) is 11.5 Å². The third-order valence-electron chi connectivity index (χ3n) is 4.40. The lowest BCUT2D eigenvalue weighted by atomic mass is 10.1. The summed E-state index contributed by atoms with van der Waals surface area (Å²) in [6.07, 6.45) is -0.0776. The molecule has 0 fully saturated rings. The van der Waals surface area contributed by atoms with Gasteiger partial charge >= 0.3 is 20.2 Å². The number of hydrogen-bond donors (Lipinski definition) is 2. The van der Waals surface area contributed by atoms with Crippen molar-refractivity contribution in [1.82, 2.24) is 0 Å². The summed E-state index contributed by atoms with van der Waals surface area (Å²) in [6, 6.07) is 15.9. The zero-order chi connectivity index (χ0) is 24.9. The maximum Gasteiger partial charge on any atom is 0.339 e. The first-order chi connectivity index (χ1) is 15.9. The molecule has 0 radical (unpaired) electrons. The van der Waals surface area contributed by atoms with Gasteiger partial charge in [-0.1, -0.05) is 30.3 Å². The highest BCUT2D eigenvalue weighted by atomic mass is 32.2. The lowest BCUT2D eigenvalue weighted by Crippen LogP contribution is -2.14. The minimum absolute atomic E-state index is 0.0388. The summed E-state index contributed by atoms with van der Waals surface area (Å²) >= 11 is 0. The first-order valence-electron chi connectivity index (χ1n) is 9.68. The molecule has 0 saturated carbocycles. The molecule has 0 aliphatic rings. The molecule has 0 atom stereocenters. The fourth-order valence-corrected chi connectivity index (χ4v) is 4.72. The number of rotatable bonds is 10. The molecule has 0 heterocycles. The third-order valence-corrected chi connectivity index (χ3v) is 6.92. The van der Waals surface area contributed by atoms with Crippen LogP contribution in [0.2, 0.25) is 0 Å². The second kappa shape index (κ2) is 9.93. The fourth-order valence-electron chi connectivity index (χ4n) is 2.88. The van der Waals surface area contributed by atoms with Crippen molar-refractivity contribution in [1.29, 1.82) is 0 Å². The lowest BCUT2D eigenvalue weighted by molar-refractivity contribution is -0.118. The summed E-state index contributed by atoms with van der Waals surface area (Å²) in [7, 11) is -8.49. The zero-order valence-corrected chi connectivity index (χ0v) is 19.2. The lowest BCUT2D eigenvalue weighted by Gasteiger charge is -2.10. The van der Waals surface area contributed by atoms with Gasteiger partial charge in [-0.25, -0.2) is 0 Å². The van der Waals surface area contributed by atoms with Crippen molar-refractivity contribution >= 4 is 32.1 Å². The summed E-state index contributed by atoms with van der Waals surface area (Å²) in [5.41, 5.74) is 11.3. The molecule has 0 aliphatic heterocycles. The van der Waals surface area contributed by atoms with Crippen molar-refractivity contribution < 1.29 is 34.8 Å². The number of nitrogens with two attached hydrogens (primary N) is 2. The molecule has 3 rings (SSSR count). The van der Waals surface area contributed by atoms with Gasteiger partial charge in [0.25, 0.3) is 0 Å². The molecule has 178 valence electrons. The molecule has 34 heavy (non-hydrogen) atoms. The van der Waals surface area contributed by atoms with Gasteiger partial charge in [-0.2, -0.15) is 16.8 Å². The van der Waals surface area contributed by atoms with E-state index in [1.807, 2.05) is 0 Å². The van der Waals surface area contributed by atoms with Crippen LogP contribution >= 0.6 is 0 Å². The monoisotopic (exact) mass is 504 g/mol. The van der Waals surface area contributed by atoms with Gasteiger partial charge in [0.1, 0.15) is 21.3 Å². The van der Waals surface area contributed by atoms with Gasteiger partial charge in [0.05, 0.1) is 12.8 Å². The molecule has 12 heteroatoms. The van der Waals surface area contributed by atoms with E-state index in [2.05, 4.69) is 0 Å². The average Bonchev–Trinajstić information content (AvgIpc) is 2.73. The highest BCUT2D eigenvalue weighted by Gasteiger charge is 2.20. The Bertz CT molecular complexity index is 1310. The topological polar surface area (TPSA) is 173 Å². The fraction of sp³-hybridized carbons (Fsp3) is 0.0909. The summed E-state index contributed by atoms with van der Waals surface area (Å²) < 4.78 is 60.4. The van der Waals surface area contributed by atoms with Gasteiger partial charge in [0.2, 0.25) is 11.8 Å². The first kappa shape index (κ1) is 24.7. The van der Waals surface area contributed by atoms with Crippen molar-refractivity contribution in [3.63, 3.8) is 0 Å². The van der Waals surface area contributed by atoms with E-state index in [0.717, 1.165) is 6.07 Å². The Labute approximate surface area is 196 Å². The number of carbonyl (C=O) groups is 2. The quantitative estimate of drug-likeness (QED) is 0.388. The van der Waals surface area contributed by atoms with Gasteiger partial charge in [-0.3, -0.25) is 9.59 Å². The second-order valence-electron chi connectivity index (χ2n) is 7.12. The first-order valence-corrected chi connectivity index (χ1v) is 12.5. The molecule has 0 saturated heterocycles. The number of benzene rings is 3. The van der Waals surface area contributed by atoms with E-state index < -0.39 is 32.1 Å². The van der Waals surface area contributed by atoms with Crippen LogP contribution in [0.5, 0.6) is 11.5 Å². The zero-order valence-electron chi connectivity index (χ0n) is 17.6. The van der Waals surface area contributed by atoms with Crippen molar-refractivity contribution in [2.24, 2.45) is 11.5 Å². The Balaban J connectivity index is 1.75. The molecular formula is C22H20N2O8S2. The van der Waals surface area contributed by atoms with Gasteiger partial charge in [-0.15, -0.1) is 0 Å². The molecule has 0 unspecified atom stereocenters. The Kier molecular flexibility index (Phi) is 7.23. The van der Waals surface area contributed by atoms with E-state index in [1.165, 1.54) is 66.7 Å². The van der Waals surface area contributed by atoms with Crippen molar-refractivity contribution in [2.45, 2.75) is 22.6 Å². The maximum absolute atomic E-state index is 12.6. The van der Waals surface area contributed by atoms with E-state index in [-0.39, 0.29) is 34.1 Å². The number of carbonyl (C=O) groups excluding carboxylic acids is 2. The minimum Gasteiger partial charge on any atom is -0.379 e. The van der Waals surface area contributed by atoms with Gasteiger partial charge in [-0.05, 0) is 47.5 Å². The van der Waals surface area contributed by atoms with Crippen LogP contribution in [0.25, 0.3) is 0 Å². The Morgan fingerprint density at radius 2 is 0.971 bits per heavy atom. The standard InChI is InChI=1S/C22H20N2O8S2/c23-21(25)12-15-4-8-19(9-5-15)33(27,28)31-17-2-1-3-18(14-17)32-34(29,30)20-10-6-16(7-11-20)13-22(24)26/h1-11,14H,12-13H2,(H2,23,25)(H2,24,26). The van der Waals surface area contributed by atoms with E-state index in [0.29, 0.717) is 11.1 Å². The van der Waals surface area contributed by atoms with Crippen LogP contribution in [0.3, 0.4) is 0 Å². The normalized spacial score (nSPS) is 11.5. The number of primary amides is 2. The minimum atomic E-state index is -4.24. The third kappa shape index (κ3) is 6.56. The Hall–Kier alpha value is -3.90. The van der Waals surface area contributed by atoms with E-state index in [4.69, 9.17) is 19.8 Å². The van der Waals surface area contributed by atoms with Gasteiger partial charge < -0.3 is 19.8 Å². The molecule has 0 spiro atoms. The smallest absolute Gasteiger partial charge is 0.339 e. The highest BCUT2D eigenvalue weighted by molar-refractivity contribution is 7.87. The number of amides is 2. The highest BCUT2D eigenvalue weighted by Crippen LogP contribution is 2.26. The molecule has 4 N–H and O–H groups in total. The van der Waals surface area contributed by atoms with Gasteiger partial charge in [0.15, 0.2) is 0 Å². The predicted octanol–water partition coefficient (Wildman–Crippen LogP) is 1.28. The van der Waals surface area contributed by atoms with Crippen LogP contribution < -0.4 is 19.8 Å². The van der Waals surface area contributed by atoms with Crippen LogP contribution in [0.15, 0.2) is 82.6 Å². The van der Waals surface area contributed by atoms with E-state index in [9.17, 15) is 26.4 Å². The van der Waals surface area contributed by atoms with E-state index in [1.54, 1.807) is 0 Å².